The maximum absolute atomic E-state index is 12.9. The van der Waals surface area contributed by atoms with Crippen LogP contribution in [0.25, 0.3) is 0 Å². The van der Waals surface area contributed by atoms with Gasteiger partial charge in [-0.15, -0.1) is 0 Å². The molecule has 0 N–H and O–H groups in total. The Morgan fingerprint density at radius 2 is 2.12 bits per heavy atom. The van der Waals surface area contributed by atoms with Gasteiger partial charge in [0.15, 0.2) is 5.82 Å². The average molecular weight is 348 g/mol. The topological polar surface area (TPSA) is 79.5 Å². The Morgan fingerprint density at radius 3 is 2.76 bits per heavy atom. The molecule has 1 atom stereocenters. The molecule has 0 aromatic carbocycles. The van der Waals surface area contributed by atoms with E-state index in [2.05, 4.69) is 24.0 Å². The van der Waals surface area contributed by atoms with E-state index >= 15 is 0 Å². The van der Waals surface area contributed by atoms with E-state index in [9.17, 15) is 9.59 Å². The van der Waals surface area contributed by atoms with Crippen LogP contribution in [-0.4, -0.2) is 50.9 Å². The van der Waals surface area contributed by atoms with E-state index < -0.39 is 0 Å². The van der Waals surface area contributed by atoms with Crippen LogP contribution < -0.4 is 0 Å². The molecule has 138 valence electrons. The summed E-state index contributed by atoms with van der Waals surface area (Å²) in [6, 6.07) is 0.369. The quantitative estimate of drug-likeness (QED) is 0.753. The second-order valence-corrected chi connectivity index (χ2v) is 7.57. The van der Waals surface area contributed by atoms with Crippen LogP contribution in [0.3, 0.4) is 0 Å². The molecule has 0 radical (unpaired) electrons. The lowest BCUT2D eigenvalue weighted by Crippen LogP contribution is -2.47. The van der Waals surface area contributed by atoms with E-state index in [4.69, 9.17) is 4.52 Å². The number of aromatic nitrogens is 2. The molecule has 2 heterocycles. The number of amides is 2. The fourth-order valence-corrected chi connectivity index (χ4v) is 3.37. The molecule has 25 heavy (non-hydrogen) atoms. The summed E-state index contributed by atoms with van der Waals surface area (Å²) in [6.45, 7) is 7.68. The Kier molecular flexibility index (Phi) is 5.39. The first-order chi connectivity index (χ1) is 12.0. The predicted octanol–water partition coefficient (Wildman–Crippen LogP) is 2.02. The first-order valence-electron chi connectivity index (χ1n) is 9.37. The molecule has 3 rings (SSSR count). The number of carbonyl (C=O) groups excluding carboxylic acids is 2. The molecule has 1 aromatic heterocycles. The highest BCUT2D eigenvalue weighted by Gasteiger charge is 2.39. The number of likely N-dealkylation sites (tertiary alicyclic amines) is 1. The highest BCUT2D eigenvalue weighted by Crippen LogP contribution is 2.32. The first-order valence-corrected chi connectivity index (χ1v) is 9.37. The third-order valence-electron chi connectivity index (χ3n) is 4.90. The molecular formula is C18H28N4O3. The minimum atomic E-state index is -0.111. The number of hydrogen-bond acceptors (Lipinski definition) is 5. The van der Waals surface area contributed by atoms with Crippen LogP contribution in [0.2, 0.25) is 0 Å². The molecule has 0 bridgehead atoms. The van der Waals surface area contributed by atoms with Crippen molar-refractivity contribution < 1.29 is 14.1 Å². The average Bonchev–Trinajstić information content (AvgIpc) is 3.33. The SMILES string of the molecule is CCN(Cc1noc(CC(C)C)n1)C(=O)[C@@H]1CCC(=O)N(C2CC2)C1. The minimum absolute atomic E-state index is 0.0934. The predicted molar refractivity (Wildman–Crippen MR) is 91.4 cm³/mol. The molecule has 2 amide bonds. The Balaban J connectivity index is 1.60. The highest BCUT2D eigenvalue weighted by atomic mass is 16.5. The zero-order valence-corrected chi connectivity index (χ0v) is 15.4. The zero-order valence-electron chi connectivity index (χ0n) is 15.4. The second-order valence-electron chi connectivity index (χ2n) is 7.57. The van der Waals surface area contributed by atoms with Gasteiger partial charge in [-0.1, -0.05) is 19.0 Å². The van der Waals surface area contributed by atoms with Gasteiger partial charge in [-0.05, 0) is 32.1 Å². The van der Waals surface area contributed by atoms with Crippen LogP contribution in [0.1, 0.15) is 58.2 Å². The monoisotopic (exact) mass is 348 g/mol. The van der Waals surface area contributed by atoms with Crippen molar-refractivity contribution in [3.63, 3.8) is 0 Å². The summed E-state index contributed by atoms with van der Waals surface area (Å²) in [4.78, 5) is 33.0. The third-order valence-corrected chi connectivity index (χ3v) is 4.90. The van der Waals surface area contributed by atoms with Crippen molar-refractivity contribution in [2.45, 2.75) is 65.5 Å². The van der Waals surface area contributed by atoms with E-state index in [1.54, 1.807) is 4.90 Å². The van der Waals surface area contributed by atoms with Gasteiger partial charge >= 0.3 is 0 Å². The molecule has 7 nitrogen and oxygen atoms in total. The molecule has 7 heteroatoms. The Morgan fingerprint density at radius 1 is 1.36 bits per heavy atom. The van der Waals surface area contributed by atoms with Crippen molar-refractivity contribution >= 4 is 11.8 Å². The largest absolute Gasteiger partial charge is 0.339 e. The van der Waals surface area contributed by atoms with Crippen LogP contribution in [0.4, 0.5) is 0 Å². The van der Waals surface area contributed by atoms with Gasteiger partial charge in [-0.2, -0.15) is 4.98 Å². The van der Waals surface area contributed by atoms with Gasteiger partial charge in [0.2, 0.25) is 17.7 Å². The molecule has 1 aliphatic heterocycles. The van der Waals surface area contributed by atoms with Crippen molar-refractivity contribution in [2.24, 2.45) is 11.8 Å². The summed E-state index contributed by atoms with van der Waals surface area (Å²) < 4.78 is 5.26. The van der Waals surface area contributed by atoms with E-state index in [0.29, 0.717) is 56.2 Å². The van der Waals surface area contributed by atoms with Gasteiger partial charge in [0.05, 0.1) is 12.5 Å². The molecule has 2 aliphatic rings. The number of rotatable bonds is 7. The van der Waals surface area contributed by atoms with Gasteiger partial charge in [-0.3, -0.25) is 9.59 Å². The Bertz CT molecular complexity index is 624. The van der Waals surface area contributed by atoms with Crippen LogP contribution in [0, 0.1) is 11.8 Å². The van der Waals surface area contributed by atoms with Crippen molar-refractivity contribution in [1.29, 1.82) is 0 Å². The molecule has 2 fully saturated rings. The van der Waals surface area contributed by atoms with E-state index in [0.717, 1.165) is 19.3 Å². The summed E-state index contributed by atoms with van der Waals surface area (Å²) in [5, 5.41) is 4.01. The highest BCUT2D eigenvalue weighted by molar-refractivity contribution is 5.84. The van der Waals surface area contributed by atoms with Gasteiger partial charge in [-0.25, -0.2) is 0 Å². The summed E-state index contributed by atoms with van der Waals surface area (Å²) in [5.41, 5.74) is 0. The van der Waals surface area contributed by atoms with Crippen LogP contribution >= 0.6 is 0 Å². The maximum atomic E-state index is 12.9. The lowest BCUT2D eigenvalue weighted by molar-refractivity contribution is -0.143. The fraction of sp³-hybridized carbons (Fsp3) is 0.778. The van der Waals surface area contributed by atoms with Gasteiger partial charge < -0.3 is 14.3 Å². The van der Waals surface area contributed by atoms with Gasteiger partial charge in [0, 0.05) is 32.0 Å². The molecular weight excluding hydrogens is 320 g/mol. The maximum Gasteiger partial charge on any atom is 0.227 e. The smallest absolute Gasteiger partial charge is 0.227 e. The normalized spacial score (nSPS) is 21.0. The van der Waals surface area contributed by atoms with Crippen LogP contribution in [0.15, 0.2) is 4.52 Å². The summed E-state index contributed by atoms with van der Waals surface area (Å²) in [5.74, 6) is 1.81. The van der Waals surface area contributed by atoms with Crippen molar-refractivity contribution in [2.75, 3.05) is 13.1 Å². The van der Waals surface area contributed by atoms with E-state index in [-0.39, 0.29) is 17.7 Å². The summed E-state index contributed by atoms with van der Waals surface area (Å²) in [6.07, 6.45) is 4.01. The number of piperidine rings is 1. The molecule has 0 unspecified atom stereocenters. The number of hydrogen-bond donors (Lipinski definition) is 0. The van der Waals surface area contributed by atoms with Crippen molar-refractivity contribution in [1.82, 2.24) is 19.9 Å². The molecule has 1 saturated heterocycles. The molecule has 0 spiro atoms. The van der Waals surface area contributed by atoms with Crippen LogP contribution in [-0.2, 0) is 22.6 Å². The third kappa shape index (κ3) is 4.38. The summed E-state index contributed by atoms with van der Waals surface area (Å²) >= 11 is 0. The molecule has 1 saturated carbocycles. The number of carbonyl (C=O) groups is 2. The van der Waals surface area contributed by atoms with Crippen molar-refractivity contribution in [3.8, 4) is 0 Å². The lowest BCUT2D eigenvalue weighted by atomic mass is 9.95. The summed E-state index contributed by atoms with van der Waals surface area (Å²) in [7, 11) is 0. The van der Waals surface area contributed by atoms with Gasteiger partial charge in [0.1, 0.15) is 0 Å². The Hall–Kier alpha value is -1.92. The van der Waals surface area contributed by atoms with E-state index in [1.165, 1.54) is 0 Å². The zero-order chi connectivity index (χ0) is 18.0. The minimum Gasteiger partial charge on any atom is -0.339 e. The standard InChI is InChI=1S/C18H28N4O3/c1-4-21(11-15-19-16(25-20-15)9-12(2)3)18(24)13-5-8-17(23)22(10-13)14-6-7-14/h12-14H,4-11H2,1-3H3/t13-/m1/s1. The van der Waals surface area contributed by atoms with Crippen LogP contribution in [0.5, 0.6) is 0 Å². The Labute approximate surface area is 148 Å². The van der Waals surface area contributed by atoms with Crippen molar-refractivity contribution in [3.05, 3.63) is 11.7 Å². The first kappa shape index (κ1) is 17.9. The van der Waals surface area contributed by atoms with Gasteiger partial charge in [0.25, 0.3) is 0 Å². The lowest BCUT2D eigenvalue weighted by Gasteiger charge is -2.34. The molecule has 1 aliphatic carbocycles. The molecule has 1 aromatic rings. The second kappa shape index (κ2) is 7.54. The van der Waals surface area contributed by atoms with E-state index in [1.807, 2.05) is 11.8 Å². The number of nitrogens with zero attached hydrogens (tertiary/aromatic N) is 4. The fourth-order valence-electron chi connectivity index (χ4n) is 3.37.